The summed E-state index contributed by atoms with van der Waals surface area (Å²) in [5.74, 6) is 0. The van der Waals surface area contributed by atoms with Crippen LogP contribution in [0.2, 0.25) is 44.3 Å². The molecule has 0 heterocycles. The third kappa shape index (κ3) is 4.69. The standard InChI is InChI=1S/C12H30OSi2.V/c1-11(2,13-15(8,9)10)12(3,4)14(5,6)7;/h1-10H3;. The van der Waals surface area contributed by atoms with Crippen LogP contribution < -0.4 is 0 Å². The Hall–Kier alpha value is 0.978. The van der Waals surface area contributed by atoms with Crippen molar-refractivity contribution < 1.29 is 23.0 Å². The molecule has 0 saturated heterocycles. The molecule has 0 atom stereocenters. The van der Waals surface area contributed by atoms with Crippen molar-refractivity contribution in [2.75, 3.05) is 0 Å². The molecule has 0 aliphatic heterocycles. The first kappa shape index (κ1) is 19.3. The zero-order valence-corrected chi connectivity index (χ0v) is 16.3. The van der Waals surface area contributed by atoms with Crippen molar-refractivity contribution in [1.82, 2.24) is 0 Å². The molecule has 0 N–H and O–H groups in total. The maximum Gasteiger partial charge on any atom is 0.184 e. The zero-order chi connectivity index (χ0) is 12.7. The first-order valence-electron chi connectivity index (χ1n) is 5.91. The average molecular weight is 297 g/mol. The summed E-state index contributed by atoms with van der Waals surface area (Å²) in [6.45, 7) is 23.4. The molecule has 0 saturated carbocycles. The molecule has 0 aliphatic carbocycles. The first-order valence-corrected chi connectivity index (χ1v) is 12.8. The molecule has 0 amide bonds. The summed E-state index contributed by atoms with van der Waals surface area (Å²) in [5, 5.41) is 0.292. The normalized spacial score (nSPS) is 14.6. The number of hydrogen-bond acceptors (Lipinski definition) is 1. The fourth-order valence-electron chi connectivity index (χ4n) is 1.80. The van der Waals surface area contributed by atoms with Gasteiger partial charge in [-0.25, -0.2) is 0 Å². The smallest absolute Gasteiger partial charge is 0.184 e. The summed E-state index contributed by atoms with van der Waals surface area (Å²) in [6.07, 6.45) is 0. The monoisotopic (exact) mass is 297 g/mol. The molecule has 1 nitrogen and oxygen atoms in total. The Morgan fingerprint density at radius 2 is 1.06 bits per heavy atom. The Morgan fingerprint density at radius 3 is 1.25 bits per heavy atom. The Balaban J connectivity index is 0. The van der Waals surface area contributed by atoms with Gasteiger partial charge in [-0.05, 0) is 38.5 Å². The van der Waals surface area contributed by atoms with E-state index in [1.54, 1.807) is 0 Å². The average Bonchev–Trinajstić information content (AvgIpc) is 1.77. The van der Waals surface area contributed by atoms with Crippen LogP contribution in [0.15, 0.2) is 0 Å². The SMILES string of the molecule is CC(C)(O[Si](C)(C)C)C(C)(C)[Si](C)(C)C.[V]. The van der Waals surface area contributed by atoms with E-state index in [0.717, 1.165) is 0 Å². The summed E-state index contributed by atoms with van der Waals surface area (Å²) in [4.78, 5) is 0. The second kappa shape index (κ2) is 5.31. The first-order chi connectivity index (χ1) is 6.21. The van der Waals surface area contributed by atoms with E-state index < -0.39 is 16.4 Å². The van der Waals surface area contributed by atoms with Crippen LogP contribution >= 0.6 is 0 Å². The van der Waals surface area contributed by atoms with Gasteiger partial charge >= 0.3 is 0 Å². The van der Waals surface area contributed by atoms with Gasteiger partial charge in [-0.3, -0.25) is 0 Å². The molecule has 0 aromatic heterocycles. The fourth-order valence-corrected chi connectivity index (χ4v) is 5.54. The Bertz CT molecular complexity index is 224. The van der Waals surface area contributed by atoms with Crippen LogP contribution in [0.25, 0.3) is 0 Å². The second-order valence-corrected chi connectivity index (χ2v) is 17.8. The van der Waals surface area contributed by atoms with Crippen LogP contribution in [0.1, 0.15) is 27.7 Å². The second-order valence-electron chi connectivity index (χ2n) is 7.60. The largest absolute Gasteiger partial charge is 0.412 e. The molecule has 4 heteroatoms. The molecule has 0 aromatic carbocycles. The van der Waals surface area contributed by atoms with Gasteiger partial charge in [-0.1, -0.05) is 33.5 Å². The predicted molar refractivity (Wildman–Crippen MR) is 75.9 cm³/mol. The van der Waals surface area contributed by atoms with Crippen molar-refractivity contribution in [3.8, 4) is 0 Å². The molecule has 0 spiro atoms. The van der Waals surface area contributed by atoms with Crippen molar-refractivity contribution in [2.24, 2.45) is 0 Å². The minimum absolute atomic E-state index is 0. The molecule has 0 unspecified atom stereocenters. The summed E-state index contributed by atoms with van der Waals surface area (Å²) in [5.41, 5.74) is -0.0120. The van der Waals surface area contributed by atoms with Gasteiger partial charge < -0.3 is 4.43 Å². The number of hydrogen-bond donors (Lipinski definition) is 0. The van der Waals surface area contributed by atoms with Gasteiger partial charge in [0.05, 0.1) is 13.7 Å². The van der Waals surface area contributed by atoms with Crippen molar-refractivity contribution in [2.45, 2.75) is 77.6 Å². The quantitative estimate of drug-likeness (QED) is 0.681. The van der Waals surface area contributed by atoms with Gasteiger partial charge in [0.15, 0.2) is 8.32 Å². The van der Waals surface area contributed by atoms with E-state index in [2.05, 4.69) is 67.0 Å². The molecular weight excluding hydrogens is 267 g/mol. The topological polar surface area (TPSA) is 9.23 Å². The summed E-state index contributed by atoms with van der Waals surface area (Å²) in [6, 6.07) is 0. The van der Waals surface area contributed by atoms with Crippen molar-refractivity contribution in [1.29, 1.82) is 0 Å². The molecular formula is C12H30OSi2V. The van der Waals surface area contributed by atoms with E-state index in [9.17, 15) is 0 Å². The van der Waals surface area contributed by atoms with Crippen LogP contribution in [-0.2, 0) is 23.0 Å². The van der Waals surface area contributed by atoms with Gasteiger partial charge in [0.1, 0.15) is 0 Å². The molecule has 0 aliphatic rings. The van der Waals surface area contributed by atoms with E-state index in [4.69, 9.17) is 4.43 Å². The minimum Gasteiger partial charge on any atom is -0.412 e. The zero-order valence-electron chi connectivity index (χ0n) is 12.9. The van der Waals surface area contributed by atoms with Crippen LogP contribution in [0.3, 0.4) is 0 Å². The van der Waals surface area contributed by atoms with Gasteiger partial charge in [0.25, 0.3) is 0 Å². The van der Waals surface area contributed by atoms with E-state index in [1.165, 1.54) is 0 Å². The minimum atomic E-state index is -1.46. The van der Waals surface area contributed by atoms with E-state index in [1.807, 2.05) is 0 Å². The van der Waals surface area contributed by atoms with Gasteiger partial charge in [-0.15, -0.1) is 0 Å². The van der Waals surface area contributed by atoms with Gasteiger partial charge in [0, 0.05) is 18.6 Å². The third-order valence-corrected chi connectivity index (χ3v) is 9.42. The van der Waals surface area contributed by atoms with Crippen LogP contribution in [0, 0.1) is 0 Å². The molecule has 0 bridgehead atoms. The molecule has 0 fully saturated rings. The Kier molecular flexibility index (Phi) is 6.41. The van der Waals surface area contributed by atoms with Gasteiger partial charge in [0.2, 0.25) is 0 Å². The summed E-state index contributed by atoms with van der Waals surface area (Å²) < 4.78 is 6.39. The molecule has 97 valence electrons. The maximum absolute atomic E-state index is 6.39. The molecule has 0 rings (SSSR count). The molecule has 16 heavy (non-hydrogen) atoms. The Morgan fingerprint density at radius 1 is 0.750 bits per heavy atom. The van der Waals surface area contributed by atoms with Gasteiger partial charge in [-0.2, -0.15) is 0 Å². The number of rotatable bonds is 4. The molecule has 1 radical (unpaired) electrons. The maximum atomic E-state index is 6.39. The van der Waals surface area contributed by atoms with Crippen molar-refractivity contribution >= 4 is 16.4 Å². The van der Waals surface area contributed by atoms with Crippen LogP contribution in [-0.4, -0.2) is 22.0 Å². The fraction of sp³-hybridized carbons (Fsp3) is 1.00. The summed E-state index contributed by atoms with van der Waals surface area (Å²) >= 11 is 0. The predicted octanol–water partition coefficient (Wildman–Crippen LogP) is 4.73. The van der Waals surface area contributed by atoms with Crippen LogP contribution in [0.4, 0.5) is 0 Å². The summed E-state index contributed by atoms with van der Waals surface area (Å²) in [7, 11) is -2.68. The van der Waals surface area contributed by atoms with E-state index >= 15 is 0 Å². The van der Waals surface area contributed by atoms with E-state index in [0.29, 0.717) is 5.04 Å². The Labute approximate surface area is 117 Å². The molecule has 0 aromatic rings. The van der Waals surface area contributed by atoms with E-state index in [-0.39, 0.29) is 24.2 Å². The third-order valence-electron chi connectivity index (χ3n) is 3.94. The van der Waals surface area contributed by atoms with Crippen molar-refractivity contribution in [3.05, 3.63) is 0 Å². The van der Waals surface area contributed by atoms with Crippen LogP contribution in [0.5, 0.6) is 0 Å². The van der Waals surface area contributed by atoms with Crippen molar-refractivity contribution in [3.63, 3.8) is 0 Å².